The van der Waals surface area contributed by atoms with E-state index >= 15 is 0 Å². The maximum atomic E-state index is 13.3. The van der Waals surface area contributed by atoms with E-state index in [1.807, 2.05) is 155 Å². The van der Waals surface area contributed by atoms with Gasteiger partial charge in [0, 0.05) is 167 Å². The molecule has 5 aliphatic heterocycles. The molecule has 5 fully saturated rings. The molecule has 10 aromatic rings. The zero-order chi connectivity index (χ0) is 85.7. The number of halogens is 1. The summed E-state index contributed by atoms with van der Waals surface area (Å²) in [4.78, 5) is 106. The number of alkyl halides is 1. The van der Waals surface area contributed by atoms with Crippen LogP contribution in [0.15, 0.2) is 113 Å². The van der Waals surface area contributed by atoms with E-state index in [2.05, 4.69) is 56.8 Å². The van der Waals surface area contributed by atoms with Crippen molar-refractivity contribution in [2.75, 3.05) is 33.0 Å². The van der Waals surface area contributed by atoms with Crippen molar-refractivity contribution in [1.29, 1.82) is 0 Å². The van der Waals surface area contributed by atoms with Gasteiger partial charge in [-0.1, -0.05) is 19.1 Å². The van der Waals surface area contributed by atoms with Crippen LogP contribution in [-0.4, -0.2) is 173 Å². The van der Waals surface area contributed by atoms with E-state index in [0.29, 0.717) is 107 Å². The Kier molecular flexibility index (Phi) is 32.9. The van der Waals surface area contributed by atoms with Gasteiger partial charge in [-0.15, -0.1) is 34.0 Å². The molecule has 5 aliphatic rings. The summed E-state index contributed by atoms with van der Waals surface area (Å²) in [6.45, 7) is 31.7. The largest absolute Gasteiger partial charge is 0.488 e. The highest BCUT2D eigenvalue weighted by Gasteiger charge is 2.30. The van der Waals surface area contributed by atoms with Crippen LogP contribution in [0.3, 0.4) is 0 Å². The molecule has 0 saturated carbocycles. The Balaban J connectivity index is 0.000000147. The van der Waals surface area contributed by atoms with Crippen molar-refractivity contribution in [3.63, 3.8) is 0 Å². The Morgan fingerprint density at radius 3 is 0.892 bits per heavy atom. The molecular weight excluding hydrogens is 1590 g/mol. The molecule has 10 aromatic heterocycles. The summed E-state index contributed by atoms with van der Waals surface area (Å²) in [6, 6.07) is 25.4. The van der Waals surface area contributed by atoms with Crippen molar-refractivity contribution < 1.29 is 75.7 Å². The summed E-state index contributed by atoms with van der Waals surface area (Å²) in [7, 11) is 0. The average Bonchev–Trinajstić information content (AvgIpc) is 1.57. The van der Waals surface area contributed by atoms with E-state index < -0.39 is 6.17 Å². The second-order valence-electron chi connectivity index (χ2n) is 31.1. The third-order valence-corrected chi connectivity index (χ3v) is 22.3. The first-order chi connectivity index (χ1) is 57.4. The summed E-state index contributed by atoms with van der Waals surface area (Å²) >= 11 is 4.31. The highest BCUT2D eigenvalue weighted by Crippen LogP contribution is 2.30. The third kappa shape index (κ3) is 28.6. The molecule has 29 heteroatoms. The minimum atomic E-state index is -1.13. The van der Waals surface area contributed by atoms with Gasteiger partial charge in [-0.05, 0) is 127 Å². The summed E-state index contributed by atoms with van der Waals surface area (Å²) < 4.78 is 70.6. The van der Waals surface area contributed by atoms with Crippen molar-refractivity contribution in [2.24, 2.45) is 0 Å². The number of ether oxygens (including phenoxy) is 10. The van der Waals surface area contributed by atoms with Gasteiger partial charge in [0.2, 0.25) is 0 Å². The molecule has 1 unspecified atom stereocenters. The van der Waals surface area contributed by atoms with Crippen LogP contribution in [0, 0.1) is 55.4 Å². The number of aryl methyl sites for hydroxylation is 9. The molecule has 15 heterocycles. The SMILES string of the molecule is CCc1csc(CC(=O)c2cc(O[C@H]3CO[C@H](C)C3)cc(C)n2)n1.Cc1cc(O[C@H]2CO[C@H](C)C2)cc(C(=O)Cc2nc(C(C)F)cs2)n1.Cc1cc(O[C@H]2CO[C@H](C)C2)cc(C(=O)Cc2nc(C)cs2)n1.Cc1ccc(CC(=O)c2cc(O[C@H]3CO[C@@H](C)C3)cc(C)n2)nc1.Cc1ccc(CC(=O)c2cc(O[C@H]3CO[C@H](C)C3)cc(C)n2)nc1. The number of thiazole rings is 3. The average molecular weight is 1700 g/mol. The molecule has 5 saturated heterocycles. The lowest BCUT2D eigenvalue weighted by molar-refractivity contribution is 0.0976. The van der Waals surface area contributed by atoms with Crippen LogP contribution in [0.4, 0.5) is 4.39 Å². The Morgan fingerprint density at radius 2 is 0.650 bits per heavy atom. The quantitative estimate of drug-likeness (QED) is 0.0432. The van der Waals surface area contributed by atoms with E-state index in [-0.39, 0.29) is 122 Å². The fourth-order valence-electron chi connectivity index (χ4n) is 13.6. The summed E-state index contributed by atoms with van der Waals surface area (Å²) in [5, 5.41) is 7.84. The number of rotatable bonds is 27. The van der Waals surface area contributed by atoms with Crippen LogP contribution in [0.2, 0.25) is 0 Å². The minimum absolute atomic E-state index is 0.00712. The van der Waals surface area contributed by atoms with Crippen molar-refractivity contribution in [3.8, 4) is 28.7 Å². The molecule has 120 heavy (non-hydrogen) atoms. The number of carbonyl (C=O) groups excluding carboxylic acids is 5. The number of aromatic nitrogens is 10. The van der Waals surface area contributed by atoms with Gasteiger partial charge in [-0.25, -0.2) is 44.3 Å². The van der Waals surface area contributed by atoms with E-state index in [1.165, 1.54) is 40.9 Å². The fourth-order valence-corrected chi connectivity index (χ4v) is 16.1. The van der Waals surface area contributed by atoms with Gasteiger partial charge in [0.05, 0.1) is 107 Å². The molecule has 25 nitrogen and oxygen atoms in total. The molecule has 0 bridgehead atoms. The first-order valence-electron chi connectivity index (χ1n) is 40.7. The summed E-state index contributed by atoms with van der Waals surface area (Å²) in [6.07, 6.45) is 9.88. The van der Waals surface area contributed by atoms with Gasteiger partial charge in [0.1, 0.15) is 109 Å². The van der Waals surface area contributed by atoms with Crippen LogP contribution in [0.1, 0.15) is 222 Å². The Bertz CT molecular complexity index is 4990. The van der Waals surface area contributed by atoms with Crippen molar-refractivity contribution in [3.05, 3.63) is 225 Å². The van der Waals surface area contributed by atoms with Crippen LogP contribution in [0.25, 0.3) is 0 Å². The maximum absolute atomic E-state index is 13.3. The fraction of sp³-hybridized carbons (Fsp3) is 0.462. The van der Waals surface area contributed by atoms with Gasteiger partial charge in [-0.2, -0.15) is 0 Å². The zero-order valence-corrected chi connectivity index (χ0v) is 73.3. The van der Waals surface area contributed by atoms with Crippen molar-refractivity contribution in [2.45, 2.75) is 242 Å². The Hall–Kier alpha value is -9.98. The van der Waals surface area contributed by atoms with Crippen LogP contribution in [-0.2, 0) is 62.2 Å². The first kappa shape index (κ1) is 90.8. The van der Waals surface area contributed by atoms with Gasteiger partial charge in [-0.3, -0.25) is 33.9 Å². The monoisotopic (exact) mass is 1690 g/mol. The number of carbonyl (C=O) groups is 5. The van der Waals surface area contributed by atoms with Crippen LogP contribution >= 0.6 is 34.0 Å². The molecule has 0 radical (unpaired) electrons. The topological polar surface area (TPSA) is 307 Å². The number of nitrogens with zero attached hydrogens (tertiary/aromatic N) is 10. The predicted octanol–water partition coefficient (Wildman–Crippen LogP) is 16.5. The first-order valence-corrected chi connectivity index (χ1v) is 43.3. The van der Waals surface area contributed by atoms with Gasteiger partial charge in [0.15, 0.2) is 28.9 Å². The van der Waals surface area contributed by atoms with Crippen molar-refractivity contribution >= 4 is 62.9 Å². The zero-order valence-electron chi connectivity index (χ0n) is 70.8. The normalized spacial score (nSPS) is 20.5. The van der Waals surface area contributed by atoms with Gasteiger partial charge < -0.3 is 47.4 Å². The highest BCUT2D eigenvalue weighted by atomic mass is 32.1. The van der Waals surface area contributed by atoms with Crippen LogP contribution < -0.4 is 23.7 Å². The van der Waals surface area contributed by atoms with Gasteiger partial charge >= 0.3 is 0 Å². The standard InChI is InChI=1S/2C19H22N2O3.C18H21FN2O3S.C18H22N2O3S.C17H20N2O3S/c2*1-12-4-5-15(20-10-12)8-19(22)18-9-16(6-13(2)21-18)24-17-7-14(3)23-11-17;1-10-4-13(24-14-5-11(2)23-8-14)6-15(20-10)17(22)7-18-21-16(9-25-18)12(3)19;1-4-13-10-24-18(20-13)8-17(21)16-7-14(5-11(2)19-16)23-15-6-12(3)22-9-15;1-10-4-13(22-14-5-12(3)21-8-14)6-15(18-10)16(20)7-17-19-11(2)9-23-17/h2*4-6,9-10,14,17H,7-8,11H2,1-3H3;4,6,9,11-12,14H,5,7-8H2,1-3H3;5,7,10,12,15H,4,6,8-9H2,1-3H3;4,6,9,12,14H,5,7-8H2,1-3H3/t14-,17+;14-,17-;11-,12?,14-;12-,15-;12-,14-/m01111/s1. The second kappa shape index (κ2) is 43.5. The number of hydrogen-bond acceptors (Lipinski definition) is 28. The number of Topliss-reactive ketones (excluding diaryl/α,β-unsaturated/α-hetero) is 5. The number of hydrogen-bond donors (Lipinski definition) is 0. The molecule has 636 valence electrons. The van der Waals surface area contributed by atoms with Gasteiger partial charge in [0.25, 0.3) is 0 Å². The maximum Gasteiger partial charge on any atom is 0.188 e. The number of ketones is 5. The molecular formula is C91H107FN10O15S3. The highest BCUT2D eigenvalue weighted by molar-refractivity contribution is 7.10. The lowest BCUT2D eigenvalue weighted by atomic mass is 10.1. The molecule has 0 amide bonds. The van der Waals surface area contributed by atoms with E-state index in [9.17, 15) is 28.4 Å². The smallest absolute Gasteiger partial charge is 0.188 e. The molecule has 0 N–H and O–H groups in total. The van der Waals surface area contributed by atoms with E-state index in [0.717, 1.165) is 105 Å². The minimum Gasteiger partial charge on any atom is -0.488 e. The second-order valence-corrected chi connectivity index (χ2v) is 34.0. The van der Waals surface area contributed by atoms with E-state index in [4.69, 9.17) is 47.4 Å². The molecule has 15 rings (SSSR count). The lowest BCUT2D eigenvalue weighted by Crippen LogP contribution is -2.17. The Morgan fingerprint density at radius 1 is 0.367 bits per heavy atom. The molecule has 0 spiro atoms. The lowest BCUT2D eigenvalue weighted by Gasteiger charge is -2.13. The molecule has 0 aromatic carbocycles. The summed E-state index contributed by atoms with van der Waals surface area (Å²) in [5.74, 6) is 2.98. The third-order valence-electron chi connectivity index (χ3n) is 19.6. The van der Waals surface area contributed by atoms with Crippen molar-refractivity contribution in [1.82, 2.24) is 49.8 Å². The van der Waals surface area contributed by atoms with E-state index in [1.54, 1.807) is 48.1 Å². The predicted molar refractivity (Wildman–Crippen MR) is 455 cm³/mol. The Labute approximate surface area is 712 Å². The number of pyridine rings is 7. The summed E-state index contributed by atoms with van der Waals surface area (Å²) in [5.41, 5.74) is 11.8. The molecule has 11 atom stereocenters. The molecule has 0 aliphatic carbocycles. The van der Waals surface area contributed by atoms with Crippen LogP contribution in [0.5, 0.6) is 28.7 Å².